The van der Waals surface area contributed by atoms with E-state index < -0.39 is 48.4 Å². The Morgan fingerprint density at radius 2 is 1.70 bits per heavy atom. The fraction of sp³-hybridized carbons (Fsp3) is 0.440. The number of carbonyl (C=O) groups excluding carboxylic acids is 2. The summed E-state index contributed by atoms with van der Waals surface area (Å²) in [5.41, 5.74) is 6.12. The molecule has 0 radical (unpaired) electrons. The Labute approximate surface area is 228 Å². The van der Waals surface area contributed by atoms with Crippen LogP contribution in [0.1, 0.15) is 18.4 Å². The van der Waals surface area contributed by atoms with Crippen LogP contribution in [0, 0.1) is 0 Å². The SMILES string of the molecule is Nc1ccc(OC(=O)C(F)(F)F)cc1OC[C@H](CN1CCC2(CC1)Cc1cc(Cl)ccc1O2)OC(=O)C(F)(F)F. The van der Waals surface area contributed by atoms with E-state index in [4.69, 9.17) is 26.8 Å². The van der Waals surface area contributed by atoms with Gasteiger partial charge in [0.1, 0.15) is 35.6 Å². The molecule has 2 N–H and O–H groups in total. The Hall–Kier alpha value is -3.39. The summed E-state index contributed by atoms with van der Waals surface area (Å²) in [5, 5.41) is 0.579. The molecule has 2 aromatic rings. The highest BCUT2D eigenvalue weighted by atomic mass is 35.5. The molecule has 0 aliphatic carbocycles. The van der Waals surface area contributed by atoms with E-state index in [0.29, 0.717) is 37.4 Å². The zero-order valence-electron chi connectivity index (χ0n) is 20.6. The fourth-order valence-electron chi connectivity index (χ4n) is 4.51. The van der Waals surface area contributed by atoms with Gasteiger partial charge in [0.2, 0.25) is 0 Å². The van der Waals surface area contributed by atoms with Crippen LogP contribution in [0.5, 0.6) is 17.2 Å². The third kappa shape index (κ3) is 7.22. The Kier molecular flexibility index (Phi) is 8.31. The second-order valence-corrected chi connectivity index (χ2v) is 9.87. The van der Waals surface area contributed by atoms with Crippen LogP contribution in [-0.2, 0) is 20.7 Å². The molecule has 218 valence electrons. The van der Waals surface area contributed by atoms with Crippen molar-refractivity contribution >= 4 is 29.2 Å². The molecule has 1 atom stereocenters. The lowest BCUT2D eigenvalue weighted by Crippen LogP contribution is -2.50. The second kappa shape index (κ2) is 11.2. The number of halogens is 7. The number of carbonyl (C=O) groups is 2. The quantitative estimate of drug-likeness (QED) is 0.212. The number of benzene rings is 2. The van der Waals surface area contributed by atoms with E-state index in [-0.39, 0.29) is 18.0 Å². The predicted molar refractivity (Wildman–Crippen MR) is 128 cm³/mol. The van der Waals surface area contributed by atoms with Gasteiger partial charge in [0.05, 0.1) is 5.69 Å². The van der Waals surface area contributed by atoms with E-state index in [1.165, 1.54) is 0 Å². The van der Waals surface area contributed by atoms with Crippen LogP contribution in [0.25, 0.3) is 0 Å². The zero-order chi connectivity index (χ0) is 29.3. The molecule has 2 aliphatic rings. The monoisotopic (exact) mass is 596 g/mol. The number of hydrogen-bond donors (Lipinski definition) is 1. The van der Waals surface area contributed by atoms with Gasteiger partial charge in [0.15, 0.2) is 0 Å². The molecule has 0 aromatic heterocycles. The van der Waals surface area contributed by atoms with E-state index >= 15 is 0 Å². The maximum absolute atomic E-state index is 12.9. The van der Waals surface area contributed by atoms with Crippen LogP contribution >= 0.6 is 11.6 Å². The van der Waals surface area contributed by atoms with Gasteiger partial charge in [0, 0.05) is 50.0 Å². The van der Waals surface area contributed by atoms with E-state index in [9.17, 15) is 35.9 Å². The molecule has 2 aliphatic heterocycles. The first-order chi connectivity index (χ1) is 18.6. The van der Waals surface area contributed by atoms with Gasteiger partial charge >= 0.3 is 24.3 Å². The number of esters is 2. The Morgan fingerprint density at radius 3 is 2.35 bits per heavy atom. The van der Waals surface area contributed by atoms with Crippen LogP contribution in [0.4, 0.5) is 32.0 Å². The summed E-state index contributed by atoms with van der Waals surface area (Å²) in [6.45, 7) is 0.0592. The summed E-state index contributed by atoms with van der Waals surface area (Å²) in [6.07, 6.45) is -10.2. The highest BCUT2D eigenvalue weighted by Crippen LogP contribution is 2.42. The van der Waals surface area contributed by atoms with Gasteiger partial charge in [-0.3, -0.25) is 4.90 Å². The molecule has 1 fully saturated rings. The average Bonchev–Trinajstić information content (AvgIpc) is 3.21. The molecule has 2 heterocycles. The van der Waals surface area contributed by atoms with E-state index in [1.54, 1.807) is 17.0 Å². The van der Waals surface area contributed by atoms with Crippen molar-refractivity contribution in [3.63, 3.8) is 0 Å². The zero-order valence-corrected chi connectivity index (χ0v) is 21.4. The van der Waals surface area contributed by atoms with Crippen LogP contribution in [0.2, 0.25) is 5.02 Å². The van der Waals surface area contributed by atoms with Gasteiger partial charge in [-0.05, 0) is 35.9 Å². The van der Waals surface area contributed by atoms with E-state index in [1.807, 2.05) is 6.07 Å². The smallest absolute Gasteiger partial charge is 0.487 e. The number of nitrogen functional groups attached to an aromatic ring is 1. The molecule has 0 unspecified atom stereocenters. The number of ether oxygens (including phenoxy) is 4. The molecule has 2 aromatic carbocycles. The van der Waals surface area contributed by atoms with Crippen LogP contribution in [0.15, 0.2) is 36.4 Å². The standard InChI is InChI=1S/C25H23ClF6N2O6/c26-15-1-4-19-14(9-15)11-23(40-19)5-7-34(8-6-23)12-17(39-22(36)25(30,31)32)13-37-20-10-16(2-3-18(20)33)38-21(35)24(27,28)29/h1-4,9-10,17H,5-8,11-13,33H2/t17-/m0/s1. The van der Waals surface area contributed by atoms with Crippen molar-refractivity contribution in [1.29, 1.82) is 0 Å². The summed E-state index contributed by atoms with van der Waals surface area (Å²) < 4.78 is 96.7. The van der Waals surface area contributed by atoms with E-state index in [0.717, 1.165) is 29.5 Å². The van der Waals surface area contributed by atoms with E-state index in [2.05, 4.69) is 9.47 Å². The third-order valence-electron chi connectivity index (χ3n) is 6.45. The summed E-state index contributed by atoms with van der Waals surface area (Å²) in [7, 11) is 0. The van der Waals surface area contributed by atoms with Crippen molar-refractivity contribution in [2.24, 2.45) is 0 Å². The molecule has 15 heteroatoms. The van der Waals surface area contributed by atoms with Crippen molar-refractivity contribution in [1.82, 2.24) is 4.90 Å². The minimum Gasteiger partial charge on any atom is -0.487 e. The number of anilines is 1. The minimum absolute atomic E-state index is 0.106. The van der Waals surface area contributed by atoms with Crippen molar-refractivity contribution in [2.45, 2.75) is 43.3 Å². The van der Waals surface area contributed by atoms with Crippen LogP contribution < -0.4 is 19.9 Å². The number of nitrogens with two attached hydrogens (primary N) is 1. The molecule has 1 spiro atoms. The first-order valence-electron chi connectivity index (χ1n) is 11.9. The number of likely N-dealkylation sites (tertiary alicyclic amines) is 1. The number of rotatable bonds is 7. The first kappa shape index (κ1) is 29.6. The highest BCUT2D eigenvalue weighted by molar-refractivity contribution is 6.30. The summed E-state index contributed by atoms with van der Waals surface area (Å²) in [4.78, 5) is 24.5. The third-order valence-corrected chi connectivity index (χ3v) is 6.68. The van der Waals surface area contributed by atoms with Gasteiger partial charge in [-0.25, -0.2) is 9.59 Å². The molecule has 0 bridgehead atoms. The van der Waals surface area contributed by atoms with Crippen LogP contribution in [-0.4, -0.2) is 67.1 Å². The average molecular weight is 597 g/mol. The second-order valence-electron chi connectivity index (χ2n) is 9.44. The van der Waals surface area contributed by atoms with Gasteiger partial charge in [-0.2, -0.15) is 26.3 Å². The molecule has 40 heavy (non-hydrogen) atoms. The Bertz CT molecular complexity index is 1260. The lowest BCUT2D eigenvalue weighted by molar-refractivity contribution is -0.206. The molecular weight excluding hydrogens is 574 g/mol. The number of alkyl halides is 6. The van der Waals surface area contributed by atoms with Crippen molar-refractivity contribution in [3.8, 4) is 17.2 Å². The minimum atomic E-state index is -5.26. The van der Waals surface area contributed by atoms with Gasteiger partial charge in [-0.1, -0.05) is 11.6 Å². The molecular formula is C25H23ClF6N2O6. The van der Waals surface area contributed by atoms with Gasteiger partial charge < -0.3 is 24.7 Å². The number of nitrogens with zero attached hydrogens (tertiary/aromatic N) is 1. The number of fused-ring (bicyclic) bond motifs is 1. The predicted octanol–water partition coefficient (Wildman–Crippen LogP) is 4.71. The topological polar surface area (TPSA) is 100 Å². The van der Waals surface area contributed by atoms with Gasteiger partial charge in [0.25, 0.3) is 0 Å². The summed E-state index contributed by atoms with van der Waals surface area (Å²) in [5.74, 6) is -5.03. The Balaban J connectivity index is 1.40. The molecule has 1 saturated heterocycles. The molecule has 8 nitrogen and oxygen atoms in total. The maximum Gasteiger partial charge on any atom is 0.491 e. The fourth-order valence-corrected chi connectivity index (χ4v) is 4.70. The van der Waals surface area contributed by atoms with Crippen LogP contribution in [0.3, 0.4) is 0 Å². The summed E-state index contributed by atoms with van der Waals surface area (Å²) in [6, 6.07) is 8.26. The molecule has 4 rings (SSSR count). The lowest BCUT2D eigenvalue weighted by atomic mass is 9.87. The summed E-state index contributed by atoms with van der Waals surface area (Å²) >= 11 is 6.07. The molecule has 0 amide bonds. The molecule has 0 saturated carbocycles. The number of hydrogen-bond acceptors (Lipinski definition) is 8. The normalized spacial score (nSPS) is 17.6. The first-order valence-corrected chi connectivity index (χ1v) is 12.3. The number of piperidine rings is 1. The van der Waals surface area contributed by atoms with Crippen molar-refractivity contribution in [3.05, 3.63) is 47.0 Å². The van der Waals surface area contributed by atoms with Crippen molar-refractivity contribution < 1.29 is 54.9 Å². The van der Waals surface area contributed by atoms with Gasteiger partial charge in [-0.15, -0.1) is 0 Å². The Morgan fingerprint density at radius 1 is 1.02 bits per heavy atom. The lowest BCUT2D eigenvalue weighted by Gasteiger charge is -2.39. The van der Waals surface area contributed by atoms with Crippen molar-refractivity contribution in [2.75, 3.05) is 32.0 Å². The maximum atomic E-state index is 12.9. The highest BCUT2D eigenvalue weighted by Gasteiger charge is 2.45. The largest absolute Gasteiger partial charge is 0.491 e.